The smallest absolute Gasteiger partial charge is 0.0843 e. The van der Waals surface area contributed by atoms with Crippen LogP contribution >= 0.6 is 0 Å². The van der Waals surface area contributed by atoms with Crippen LogP contribution in [0.25, 0.3) is 10.9 Å². The van der Waals surface area contributed by atoms with Crippen molar-refractivity contribution in [2.24, 2.45) is 0 Å². The number of hydrogen-bond donors (Lipinski definition) is 2. The third kappa shape index (κ3) is 3.05. The van der Waals surface area contributed by atoms with E-state index >= 15 is 0 Å². The van der Waals surface area contributed by atoms with Gasteiger partial charge in [-0.25, -0.2) is 0 Å². The summed E-state index contributed by atoms with van der Waals surface area (Å²) in [6, 6.07) is 9.34. The van der Waals surface area contributed by atoms with Gasteiger partial charge in [-0.15, -0.1) is 0 Å². The van der Waals surface area contributed by atoms with Crippen molar-refractivity contribution in [3.05, 3.63) is 35.5 Å². The summed E-state index contributed by atoms with van der Waals surface area (Å²) in [5, 5.41) is 15.5. The molecule has 0 bridgehead atoms. The van der Waals surface area contributed by atoms with Crippen LogP contribution in [0.3, 0.4) is 0 Å². The molecule has 1 heterocycles. The minimum Gasteiger partial charge on any atom is -0.390 e. The molecule has 1 aromatic carbocycles. The number of aromatic nitrogens is 1. The fourth-order valence-corrected chi connectivity index (χ4v) is 4.50. The quantitative estimate of drug-likeness (QED) is 0.888. The highest BCUT2D eigenvalue weighted by Gasteiger charge is 2.21. The molecule has 2 aliphatic carbocycles. The Morgan fingerprint density at radius 3 is 2.74 bits per heavy atom. The van der Waals surface area contributed by atoms with Crippen molar-refractivity contribution in [3.63, 3.8) is 0 Å². The van der Waals surface area contributed by atoms with E-state index in [0.29, 0.717) is 12.6 Å². The first-order valence-electron chi connectivity index (χ1n) is 9.33. The van der Waals surface area contributed by atoms with Crippen molar-refractivity contribution in [3.8, 4) is 0 Å². The molecule has 0 saturated heterocycles. The van der Waals surface area contributed by atoms with Gasteiger partial charge in [-0.05, 0) is 50.2 Å². The summed E-state index contributed by atoms with van der Waals surface area (Å²) in [6.07, 6.45) is 9.84. The number of nitrogens with zero attached hydrogens (tertiary/aromatic N) is 1. The standard InChI is InChI=1S/C20H28N2O/c23-16(13-21-15-7-1-2-8-15)14-22-19-11-5-3-9-17(19)18-10-4-6-12-20(18)22/h3,5,9,11,15-16,21,23H,1-2,4,6-8,10,12-14H2. The molecule has 0 spiro atoms. The SMILES string of the molecule is OC(CNC1CCCC1)Cn1c2c(c3ccccc31)CCCC2. The first kappa shape index (κ1) is 15.2. The Bertz CT molecular complexity index is 670. The molecular weight excluding hydrogens is 284 g/mol. The van der Waals surface area contributed by atoms with E-state index in [9.17, 15) is 5.11 Å². The minimum absolute atomic E-state index is 0.308. The summed E-state index contributed by atoms with van der Waals surface area (Å²) in [5.74, 6) is 0. The van der Waals surface area contributed by atoms with Gasteiger partial charge in [-0.1, -0.05) is 31.0 Å². The van der Waals surface area contributed by atoms with Gasteiger partial charge < -0.3 is 15.0 Å². The first-order chi connectivity index (χ1) is 11.3. The van der Waals surface area contributed by atoms with E-state index < -0.39 is 0 Å². The molecule has 1 fully saturated rings. The molecule has 23 heavy (non-hydrogen) atoms. The van der Waals surface area contributed by atoms with Gasteiger partial charge in [0.25, 0.3) is 0 Å². The van der Waals surface area contributed by atoms with Crippen molar-refractivity contribution in [1.82, 2.24) is 9.88 Å². The second kappa shape index (κ2) is 6.66. The normalized spacial score (nSPS) is 20.0. The molecule has 124 valence electrons. The number of aryl methyl sites for hydroxylation is 1. The van der Waals surface area contributed by atoms with Crippen LogP contribution in [0.5, 0.6) is 0 Å². The van der Waals surface area contributed by atoms with Crippen LogP contribution in [0.15, 0.2) is 24.3 Å². The summed E-state index contributed by atoms with van der Waals surface area (Å²) in [5.41, 5.74) is 4.31. The zero-order valence-corrected chi connectivity index (χ0v) is 13.9. The van der Waals surface area contributed by atoms with Crippen LogP contribution in [0.4, 0.5) is 0 Å². The van der Waals surface area contributed by atoms with E-state index in [0.717, 1.165) is 13.0 Å². The molecule has 1 saturated carbocycles. The number of rotatable bonds is 5. The number of aliphatic hydroxyl groups is 1. The Kier molecular flexibility index (Phi) is 4.41. The maximum atomic E-state index is 10.6. The monoisotopic (exact) mass is 312 g/mol. The van der Waals surface area contributed by atoms with Gasteiger partial charge in [0.2, 0.25) is 0 Å². The van der Waals surface area contributed by atoms with Gasteiger partial charge in [0.1, 0.15) is 0 Å². The van der Waals surface area contributed by atoms with Crippen LogP contribution in [0.1, 0.15) is 49.8 Å². The van der Waals surface area contributed by atoms with Crippen molar-refractivity contribution < 1.29 is 5.11 Å². The summed E-state index contributed by atoms with van der Waals surface area (Å²) in [6.45, 7) is 1.43. The zero-order valence-electron chi connectivity index (χ0n) is 13.9. The second-order valence-electron chi connectivity index (χ2n) is 7.30. The minimum atomic E-state index is -0.308. The number of aliphatic hydroxyl groups excluding tert-OH is 1. The summed E-state index contributed by atoms with van der Waals surface area (Å²) < 4.78 is 2.39. The molecule has 3 nitrogen and oxygen atoms in total. The number of hydrogen-bond acceptors (Lipinski definition) is 2. The fraction of sp³-hybridized carbons (Fsp3) is 0.600. The third-order valence-electron chi connectivity index (χ3n) is 5.68. The Hall–Kier alpha value is -1.32. The maximum absolute atomic E-state index is 10.6. The van der Waals surface area contributed by atoms with E-state index in [2.05, 4.69) is 34.1 Å². The molecule has 2 aliphatic rings. The molecule has 0 aliphatic heterocycles. The molecule has 3 heteroatoms. The molecule has 4 rings (SSSR count). The van der Waals surface area contributed by atoms with E-state index in [1.54, 1.807) is 0 Å². The van der Waals surface area contributed by atoms with E-state index in [-0.39, 0.29) is 6.10 Å². The highest BCUT2D eigenvalue weighted by Crippen LogP contribution is 2.32. The van der Waals surface area contributed by atoms with E-state index in [4.69, 9.17) is 0 Å². The van der Waals surface area contributed by atoms with Gasteiger partial charge in [0.05, 0.1) is 12.6 Å². The second-order valence-corrected chi connectivity index (χ2v) is 7.30. The number of fused-ring (bicyclic) bond motifs is 3. The summed E-state index contributed by atoms with van der Waals surface area (Å²) in [4.78, 5) is 0. The van der Waals surface area contributed by atoms with Crippen LogP contribution in [-0.4, -0.2) is 28.4 Å². The molecule has 0 radical (unpaired) electrons. The Morgan fingerprint density at radius 2 is 1.87 bits per heavy atom. The topological polar surface area (TPSA) is 37.2 Å². The van der Waals surface area contributed by atoms with Crippen LogP contribution in [0, 0.1) is 0 Å². The molecule has 2 N–H and O–H groups in total. The zero-order chi connectivity index (χ0) is 15.6. The average molecular weight is 312 g/mol. The first-order valence-corrected chi connectivity index (χ1v) is 9.33. The van der Waals surface area contributed by atoms with Gasteiger partial charge in [-0.3, -0.25) is 0 Å². The lowest BCUT2D eigenvalue weighted by Gasteiger charge is -2.20. The number of nitrogens with one attached hydrogen (secondary N) is 1. The van der Waals surface area contributed by atoms with Crippen LogP contribution < -0.4 is 5.32 Å². The maximum Gasteiger partial charge on any atom is 0.0843 e. The predicted octanol–water partition coefficient (Wildman–Crippen LogP) is 3.41. The summed E-state index contributed by atoms with van der Waals surface area (Å²) >= 11 is 0. The lowest BCUT2D eigenvalue weighted by atomic mass is 9.95. The lowest BCUT2D eigenvalue weighted by Crippen LogP contribution is -2.36. The van der Waals surface area contributed by atoms with Gasteiger partial charge in [0.15, 0.2) is 0 Å². The Balaban J connectivity index is 1.53. The van der Waals surface area contributed by atoms with Crippen LogP contribution in [0.2, 0.25) is 0 Å². The van der Waals surface area contributed by atoms with Gasteiger partial charge >= 0.3 is 0 Å². The highest BCUT2D eigenvalue weighted by atomic mass is 16.3. The molecule has 1 atom stereocenters. The largest absolute Gasteiger partial charge is 0.390 e. The lowest BCUT2D eigenvalue weighted by molar-refractivity contribution is 0.147. The Morgan fingerprint density at radius 1 is 1.09 bits per heavy atom. The van der Waals surface area contributed by atoms with E-state index in [1.165, 1.54) is 67.1 Å². The van der Waals surface area contributed by atoms with Gasteiger partial charge in [-0.2, -0.15) is 0 Å². The van der Waals surface area contributed by atoms with Crippen molar-refractivity contribution in [2.45, 2.75) is 70.1 Å². The third-order valence-corrected chi connectivity index (χ3v) is 5.68. The Labute approximate surface area is 138 Å². The number of benzene rings is 1. The molecule has 0 amide bonds. The van der Waals surface area contributed by atoms with Crippen molar-refractivity contribution in [2.75, 3.05) is 6.54 Å². The van der Waals surface area contributed by atoms with Crippen LogP contribution in [-0.2, 0) is 19.4 Å². The average Bonchev–Trinajstić information content (AvgIpc) is 3.21. The van der Waals surface area contributed by atoms with Gasteiger partial charge in [0, 0.05) is 29.2 Å². The van der Waals surface area contributed by atoms with Crippen molar-refractivity contribution in [1.29, 1.82) is 0 Å². The molecular formula is C20H28N2O. The molecule has 1 aromatic heterocycles. The van der Waals surface area contributed by atoms with E-state index in [1.807, 2.05) is 0 Å². The predicted molar refractivity (Wildman–Crippen MR) is 94.8 cm³/mol. The molecule has 1 unspecified atom stereocenters. The van der Waals surface area contributed by atoms with Crippen molar-refractivity contribution >= 4 is 10.9 Å². The summed E-state index contributed by atoms with van der Waals surface area (Å²) in [7, 11) is 0. The molecule has 2 aromatic rings. The number of para-hydroxylation sites is 1. The highest BCUT2D eigenvalue weighted by molar-refractivity contribution is 5.85. The fourth-order valence-electron chi connectivity index (χ4n) is 4.50.